The number of halogens is 1. The second-order valence-electron chi connectivity index (χ2n) is 4.97. The van der Waals surface area contributed by atoms with Crippen molar-refractivity contribution >= 4 is 17.5 Å². The molecule has 19 heavy (non-hydrogen) atoms. The van der Waals surface area contributed by atoms with Crippen molar-refractivity contribution in [2.24, 2.45) is 5.92 Å². The fourth-order valence-electron chi connectivity index (χ4n) is 2.38. The molecular formula is C14H18ClNO3. The Bertz CT molecular complexity index is 464. The molecule has 1 fully saturated rings. The van der Waals surface area contributed by atoms with Crippen molar-refractivity contribution in [2.45, 2.75) is 31.1 Å². The van der Waals surface area contributed by atoms with Gasteiger partial charge in [-0.3, -0.25) is 4.79 Å². The van der Waals surface area contributed by atoms with E-state index in [1.54, 1.807) is 0 Å². The maximum absolute atomic E-state index is 11.9. The maximum Gasteiger partial charge on any atom is 0.251 e. The summed E-state index contributed by atoms with van der Waals surface area (Å²) in [4.78, 5) is 11.9. The summed E-state index contributed by atoms with van der Waals surface area (Å²) in [6.45, 7) is 0.550. The van der Waals surface area contributed by atoms with Gasteiger partial charge in [-0.1, -0.05) is 12.8 Å². The number of phenols is 2. The van der Waals surface area contributed by atoms with E-state index in [1.165, 1.54) is 18.2 Å². The lowest BCUT2D eigenvalue weighted by atomic mass is 9.88. The summed E-state index contributed by atoms with van der Waals surface area (Å²) in [7, 11) is 0. The standard InChI is InChI=1S/C14H18ClNO3/c15-11-4-2-1-3-10(11)8-16-14(19)9-5-6-12(17)13(18)7-9/h5-7,10-11,17-18H,1-4,8H2,(H,16,19). The van der Waals surface area contributed by atoms with E-state index in [1.807, 2.05) is 0 Å². The molecule has 4 nitrogen and oxygen atoms in total. The second-order valence-corrected chi connectivity index (χ2v) is 5.53. The Morgan fingerprint density at radius 1 is 1.26 bits per heavy atom. The minimum atomic E-state index is -0.291. The lowest BCUT2D eigenvalue weighted by molar-refractivity contribution is 0.0943. The van der Waals surface area contributed by atoms with Crippen LogP contribution >= 0.6 is 11.6 Å². The van der Waals surface area contributed by atoms with E-state index in [-0.39, 0.29) is 22.8 Å². The van der Waals surface area contributed by atoms with Gasteiger partial charge in [0.1, 0.15) is 0 Å². The quantitative estimate of drug-likeness (QED) is 0.590. The SMILES string of the molecule is O=C(NCC1CCCCC1Cl)c1ccc(O)c(O)c1. The van der Waals surface area contributed by atoms with Crippen LogP contribution in [0.5, 0.6) is 11.5 Å². The highest BCUT2D eigenvalue weighted by Crippen LogP contribution is 2.28. The van der Waals surface area contributed by atoms with Crippen LogP contribution in [0.4, 0.5) is 0 Å². The molecule has 3 N–H and O–H groups in total. The second kappa shape index (κ2) is 6.15. The molecule has 1 aliphatic carbocycles. The third-order valence-corrected chi connectivity index (χ3v) is 4.15. The highest BCUT2D eigenvalue weighted by Gasteiger charge is 2.23. The fraction of sp³-hybridized carbons (Fsp3) is 0.500. The molecule has 0 aliphatic heterocycles. The van der Waals surface area contributed by atoms with Crippen LogP contribution < -0.4 is 5.32 Å². The van der Waals surface area contributed by atoms with Crippen molar-refractivity contribution in [1.82, 2.24) is 5.32 Å². The van der Waals surface area contributed by atoms with Gasteiger partial charge in [-0.15, -0.1) is 11.6 Å². The van der Waals surface area contributed by atoms with E-state index in [0.29, 0.717) is 18.0 Å². The van der Waals surface area contributed by atoms with Crippen LogP contribution in [0.25, 0.3) is 0 Å². The summed E-state index contributed by atoms with van der Waals surface area (Å²) in [6.07, 6.45) is 4.35. The summed E-state index contributed by atoms with van der Waals surface area (Å²) >= 11 is 6.23. The predicted molar refractivity (Wildman–Crippen MR) is 73.7 cm³/mol. The molecule has 2 unspecified atom stereocenters. The Morgan fingerprint density at radius 2 is 2.00 bits per heavy atom. The fourth-order valence-corrected chi connectivity index (χ4v) is 2.75. The third-order valence-electron chi connectivity index (χ3n) is 3.58. The van der Waals surface area contributed by atoms with E-state index in [2.05, 4.69) is 5.32 Å². The summed E-state index contributed by atoms with van der Waals surface area (Å²) in [5, 5.41) is 21.5. The molecule has 0 heterocycles. The molecule has 2 atom stereocenters. The smallest absolute Gasteiger partial charge is 0.251 e. The van der Waals surface area contributed by atoms with Gasteiger partial charge in [0.15, 0.2) is 11.5 Å². The number of carbonyl (C=O) groups excluding carboxylic acids is 1. The van der Waals surface area contributed by atoms with Crippen molar-refractivity contribution in [3.8, 4) is 11.5 Å². The van der Waals surface area contributed by atoms with Crippen LogP contribution in [0.1, 0.15) is 36.0 Å². The number of hydrogen-bond acceptors (Lipinski definition) is 3. The van der Waals surface area contributed by atoms with Gasteiger partial charge >= 0.3 is 0 Å². The van der Waals surface area contributed by atoms with E-state index in [4.69, 9.17) is 11.6 Å². The molecule has 1 aromatic carbocycles. The largest absolute Gasteiger partial charge is 0.504 e. The summed E-state index contributed by atoms with van der Waals surface area (Å²) in [5.41, 5.74) is 0.331. The predicted octanol–water partition coefficient (Wildman–Crippen LogP) is 2.63. The molecule has 5 heteroatoms. The molecule has 0 bridgehead atoms. The topological polar surface area (TPSA) is 69.6 Å². The molecule has 0 radical (unpaired) electrons. The van der Waals surface area contributed by atoms with E-state index < -0.39 is 0 Å². The Hall–Kier alpha value is -1.42. The first-order chi connectivity index (χ1) is 9.08. The zero-order valence-corrected chi connectivity index (χ0v) is 11.4. The number of carbonyl (C=O) groups is 1. The zero-order valence-electron chi connectivity index (χ0n) is 10.6. The minimum Gasteiger partial charge on any atom is -0.504 e. The van der Waals surface area contributed by atoms with Crippen molar-refractivity contribution in [2.75, 3.05) is 6.54 Å². The van der Waals surface area contributed by atoms with Gasteiger partial charge in [-0.2, -0.15) is 0 Å². The normalized spacial score (nSPS) is 23.0. The number of benzene rings is 1. The summed E-state index contributed by atoms with van der Waals surface area (Å²) < 4.78 is 0. The number of rotatable bonds is 3. The average molecular weight is 284 g/mol. The Balaban J connectivity index is 1.91. The van der Waals surface area contributed by atoms with Crippen molar-refractivity contribution in [1.29, 1.82) is 0 Å². The van der Waals surface area contributed by atoms with Crippen LogP contribution in [0.15, 0.2) is 18.2 Å². The molecule has 1 saturated carbocycles. The first-order valence-electron chi connectivity index (χ1n) is 6.52. The molecule has 1 aliphatic rings. The lowest BCUT2D eigenvalue weighted by Gasteiger charge is -2.27. The van der Waals surface area contributed by atoms with Gasteiger partial charge in [0.2, 0.25) is 0 Å². The third kappa shape index (κ3) is 3.53. The molecule has 0 spiro atoms. The van der Waals surface area contributed by atoms with Crippen molar-refractivity contribution < 1.29 is 15.0 Å². The van der Waals surface area contributed by atoms with E-state index in [0.717, 1.165) is 25.7 Å². The molecule has 104 valence electrons. The number of hydrogen-bond donors (Lipinski definition) is 3. The number of amides is 1. The number of alkyl halides is 1. The van der Waals surface area contributed by atoms with E-state index >= 15 is 0 Å². The van der Waals surface area contributed by atoms with Gasteiger partial charge in [0.25, 0.3) is 5.91 Å². The van der Waals surface area contributed by atoms with Gasteiger partial charge in [0, 0.05) is 17.5 Å². The van der Waals surface area contributed by atoms with Crippen LogP contribution in [0.3, 0.4) is 0 Å². The van der Waals surface area contributed by atoms with Gasteiger partial charge in [-0.25, -0.2) is 0 Å². The van der Waals surface area contributed by atoms with Crippen LogP contribution in [-0.4, -0.2) is 28.0 Å². The number of nitrogens with one attached hydrogen (secondary N) is 1. The van der Waals surface area contributed by atoms with Gasteiger partial charge in [-0.05, 0) is 37.0 Å². The Labute approximate surface area is 117 Å². The van der Waals surface area contributed by atoms with Crippen molar-refractivity contribution in [3.63, 3.8) is 0 Å². The average Bonchev–Trinajstić information content (AvgIpc) is 2.40. The summed E-state index contributed by atoms with van der Waals surface area (Å²) in [5.74, 6) is -0.472. The van der Waals surface area contributed by atoms with Crippen LogP contribution in [0.2, 0.25) is 0 Å². The number of phenolic OH excluding ortho intramolecular Hbond substituents is 2. The minimum absolute atomic E-state index is 0.127. The highest BCUT2D eigenvalue weighted by atomic mass is 35.5. The first-order valence-corrected chi connectivity index (χ1v) is 6.96. The van der Waals surface area contributed by atoms with Crippen LogP contribution in [0, 0.1) is 5.92 Å². The molecular weight excluding hydrogens is 266 g/mol. The monoisotopic (exact) mass is 283 g/mol. The Kier molecular flexibility index (Phi) is 4.53. The molecule has 2 rings (SSSR count). The number of aromatic hydroxyl groups is 2. The maximum atomic E-state index is 11.9. The molecule has 1 amide bonds. The summed E-state index contributed by atoms with van der Waals surface area (Å²) in [6, 6.07) is 4.03. The highest BCUT2D eigenvalue weighted by molar-refractivity contribution is 6.20. The van der Waals surface area contributed by atoms with Crippen LogP contribution in [-0.2, 0) is 0 Å². The van der Waals surface area contributed by atoms with Crippen molar-refractivity contribution in [3.05, 3.63) is 23.8 Å². The Morgan fingerprint density at radius 3 is 2.68 bits per heavy atom. The lowest BCUT2D eigenvalue weighted by Crippen LogP contribution is -2.34. The van der Waals surface area contributed by atoms with Gasteiger partial charge in [0.05, 0.1) is 0 Å². The first kappa shape index (κ1) is 14.0. The van der Waals surface area contributed by atoms with Gasteiger partial charge < -0.3 is 15.5 Å². The van der Waals surface area contributed by atoms with E-state index in [9.17, 15) is 15.0 Å². The molecule has 1 aromatic rings. The molecule has 0 saturated heterocycles. The molecule has 0 aromatic heterocycles. The zero-order chi connectivity index (χ0) is 13.8.